The molecule has 1 aromatic rings. The molecule has 1 N–H and O–H groups in total. The van der Waals surface area contributed by atoms with Gasteiger partial charge in [0, 0.05) is 25.1 Å². The number of amides is 1. The molecule has 0 aliphatic carbocycles. The lowest BCUT2D eigenvalue weighted by Gasteiger charge is -2.18. The van der Waals surface area contributed by atoms with Crippen molar-refractivity contribution in [2.45, 2.75) is 11.7 Å². The third kappa shape index (κ3) is 3.05. The zero-order valence-electron chi connectivity index (χ0n) is 10.1. The van der Waals surface area contributed by atoms with Crippen molar-refractivity contribution < 1.29 is 19.8 Å². The fraction of sp³-hybridized carbons (Fsp3) is 0.250. The first-order valence-electron chi connectivity index (χ1n) is 5.49. The van der Waals surface area contributed by atoms with Gasteiger partial charge in [0.2, 0.25) is 0 Å². The molecule has 0 fully saturated rings. The van der Waals surface area contributed by atoms with E-state index in [1.807, 2.05) is 0 Å². The van der Waals surface area contributed by atoms with Crippen molar-refractivity contribution in [3.8, 4) is 5.75 Å². The van der Waals surface area contributed by atoms with Crippen LogP contribution in [0, 0.1) is 0 Å². The summed E-state index contributed by atoms with van der Waals surface area (Å²) in [6, 6.07) is 6.39. The number of amidine groups is 1. The van der Waals surface area contributed by atoms with Gasteiger partial charge in [-0.1, -0.05) is 11.8 Å². The molecule has 0 saturated heterocycles. The van der Waals surface area contributed by atoms with Crippen LogP contribution < -0.4 is 10.0 Å². The number of carbonyl (C=O) groups excluding carboxylic acids is 2. The fourth-order valence-corrected chi connectivity index (χ4v) is 2.62. The van der Waals surface area contributed by atoms with Crippen LogP contribution in [0.5, 0.6) is 5.75 Å². The number of rotatable bonds is 3. The highest BCUT2D eigenvalue weighted by Gasteiger charge is 2.30. The second kappa shape index (κ2) is 5.31. The molecule has 0 spiro atoms. The Morgan fingerprint density at radius 2 is 2.11 bits per heavy atom. The molecule has 6 nitrogen and oxygen atoms in total. The van der Waals surface area contributed by atoms with E-state index in [2.05, 4.69) is 4.99 Å². The van der Waals surface area contributed by atoms with Gasteiger partial charge in [0.1, 0.15) is 5.75 Å². The number of carboxylic acid groups (broad SMARTS) is 1. The van der Waals surface area contributed by atoms with Crippen molar-refractivity contribution in [1.82, 2.24) is 0 Å². The Morgan fingerprint density at radius 1 is 1.47 bits per heavy atom. The quantitative estimate of drug-likeness (QED) is 0.835. The lowest BCUT2D eigenvalue weighted by Crippen LogP contribution is -2.28. The number of phenols is 1. The van der Waals surface area contributed by atoms with Crippen LogP contribution in [0.3, 0.4) is 0 Å². The number of aliphatic imine (C=N–C) groups is 1. The van der Waals surface area contributed by atoms with Crippen LogP contribution >= 0.6 is 11.8 Å². The SMILES string of the molecule is CN(C1=NC(=O)[C@@H](CC(=O)[O-])S1)c1ccc(O)cc1. The predicted octanol–water partition coefficient (Wildman–Crippen LogP) is -0.0336. The molecule has 1 amide bonds. The molecule has 1 aliphatic rings. The van der Waals surface area contributed by atoms with Gasteiger partial charge in [-0.05, 0) is 24.3 Å². The molecule has 0 aromatic heterocycles. The highest BCUT2D eigenvalue weighted by Crippen LogP contribution is 2.29. The fourth-order valence-electron chi connectivity index (χ4n) is 1.59. The summed E-state index contributed by atoms with van der Waals surface area (Å²) in [7, 11) is 1.72. The van der Waals surface area contributed by atoms with E-state index < -0.39 is 17.1 Å². The van der Waals surface area contributed by atoms with Gasteiger partial charge in [-0.25, -0.2) is 0 Å². The summed E-state index contributed by atoms with van der Waals surface area (Å²) in [6.45, 7) is 0. The van der Waals surface area contributed by atoms with Crippen molar-refractivity contribution in [2.24, 2.45) is 4.99 Å². The van der Waals surface area contributed by atoms with Gasteiger partial charge in [-0.3, -0.25) is 4.79 Å². The smallest absolute Gasteiger partial charge is 0.262 e. The number of benzene rings is 1. The molecule has 0 bridgehead atoms. The highest BCUT2D eigenvalue weighted by atomic mass is 32.2. The maximum Gasteiger partial charge on any atom is 0.262 e. The third-order valence-electron chi connectivity index (χ3n) is 2.60. The Morgan fingerprint density at radius 3 is 2.68 bits per heavy atom. The Kier molecular flexibility index (Phi) is 3.75. The number of hydrogen-bond acceptors (Lipinski definition) is 6. The molecule has 100 valence electrons. The summed E-state index contributed by atoms with van der Waals surface area (Å²) < 4.78 is 0. The number of carbonyl (C=O) groups is 2. The average molecular weight is 279 g/mol. The number of phenolic OH excluding ortho intramolecular Hbond substituents is 1. The van der Waals surface area contributed by atoms with E-state index >= 15 is 0 Å². The molecule has 19 heavy (non-hydrogen) atoms. The van der Waals surface area contributed by atoms with Gasteiger partial charge in [0.05, 0.1) is 5.25 Å². The van der Waals surface area contributed by atoms with Crippen molar-refractivity contribution >= 4 is 34.5 Å². The number of aromatic hydroxyl groups is 1. The van der Waals surface area contributed by atoms with Gasteiger partial charge < -0.3 is 19.9 Å². The number of carboxylic acids is 1. The first kappa shape index (κ1) is 13.4. The first-order chi connectivity index (χ1) is 8.97. The summed E-state index contributed by atoms with van der Waals surface area (Å²) in [5.74, 6) is -1.59. The monoisotopic (exact) mass is 279 g/mol. The molecule has 0 radical (unpaired) electrons. The van der Waals surface area contributed by atoms with Gasteiger partial charge in [0.25, 0.3) is 5.91 Å². The molecule has 7 heteroatoms. The normalized spacial score (nSPS) is 18.3. The zero-order chi connectivity index (χ0) is 14.0. The lowest BCUT2D eigenvalue weighted by atomic mass is 10.3. The van der Waals surface area contributed by atoms with Crippen LogP contribution in [-0.2, 0) is 9.59 Å². The minimum Gasteiger partial charge on any atom is -0.550 e. The minimum absolute atomic E-state index is 0.143. The molecule has 1 heterocycles. The summed E-state index contributed by atoms with van der Waals surface area (Å²) in [4.78, 5) is 27.6. The second-order valence-electron chi connectivity index (χ2n) is 3.99. The molecule has 1 aromatic carbocycles. The van der Waals surface area contributed by atoms with Crippen LogP contribution in [0.15, 0.2) is 29.3 Å². The largest absolute Gasteiger partial charge is 0.550 e. The molecular formula is C12H11N2O4S-. The number of hydrogen-bond donors (Lipinski definition) is 1. The summed E-state index contributed by atoms with van der Waals surface area (Å²) >= 11 is 1.10. The Labute approximate surface area is 113 Å². The minimum atomic E-state index is -1.27. The Bertz CT molecular complexity index is 541. The summed E-state index contributed by atoms with van der Waals surface area (Å²) in [6.07, 6.45) is -0.347. The predicted molar refractivity (Wildman–Crippen MR) is 70.0 cm³/mol. The van der Waals surface area contributed by atoms with E-state index in [1.165, 1.54) is 12.1 Å². The molecule has 1 atom stereocenters. The van der Waals surface area contributed by atoms with Crippen molar-refractivity contribution in [1.29, 1.82) is 0 Å². The molecular weight excluding hydrogens is 268 g/mol. The third-order valence-corrected chi connectivity index (χ3v) is 3.83. The molecule has 0 saturated carbocycles. The number of thioether (sulfide) groups is 1. The van der Waals surface area contributed by atoms with E-state index in [-0.39, 0.29) is 12.2 Å². The van der Waals surface area contributed by atoms with Crippen LogP contribution in [-0.4, -0.2) is 34.4 Å². The van der Waals surface area contributed by atoms with Crippen molar-refractivity contribution in [3.63, 3.8) is 0 Å². The number of nitrogens with zero attached hydrogens (tertiary/aromatic N) is 2. The summed E-state index contributed by atoms with van der Waals surface area (Å²) in [5.41, 5.74) is 0.742. The van der Waals surface area contributed by atoms with E-state index in [9.17, 15) is 19.8 Å². The van der Waals surface area contributed by atoms with E-state index in [0.717, 1.165) is 17.4 Å². The average Bonchev–Trinajstić information content (AvgIpc) is 2.70. The van der Waals surface area contributed by atoms with Crippen LogP contribution in [0.2, 0.25) is 0 Å². The highest BCUT2D eigenvalue weighted by molar-refractivity contribution is 8.15. The van der Waals surface area contributed by atoms with E-state index in [4.69, 9.17) is 0 Å². The second-order valence-corrected chi connectivity index (χ2v) is 5.16. The molecule has 0 unspecified atom stereocenters. The van der Waals surface area contributed by atoms with Crippen LogP contribution in [0.4, 0.5) is 5.69 Å². The standard InChI is InChI=1S/C12H12N2O4S/c1-14(7-2-4-8(15)5-3-7)12-13-11(18)9(19-12)6-10(16)17/h2-5,9,15H,6H2,1H3,(H,16,17)/p-1/t9-/m1/s1. The Hall–Kier alpha value is -2.02. The number of aliphatic carboxylic acids is 1. The van der Waals surface area contributed by atoms with Gasteiger partial charge in [0.15, 0.2) is 5.17 Å². The van der Waals surface area contributed by atoms with Crippen molar-refractivity contribution in [2.75, 3.05) is 11.9 Å². The van der Waals surface area contributed by atoms with Gasteiger partial charge >= 0.3 is 0 Å². The van der Waals surface area contributed by atoms with Crippen molar-refractivity contribution in [3.05, 3.63) is 24.3 Å². The van der Waals surface area contributed by atoms with Gasteiger partial charge in [-0.15, -0.1) is 0 Å². The molecule has 2 rings (SSSR count). The molecule has 1 aliphatic heterocycles. The summed E-state index contributed by atoms with van der Waals surface area (Å²) in [5, 5.41) is 19.4. The maximum atomic E-state index is 11.5. The van der Waals surface area contributed by atoms with Crippen LogP contribution in [0.25, 0.3) is 0 Å². The topological polar surface area (TPSA) is 93.0 Å². The maximum absolute atomic E-state index is 11.5. The zero-order valence-corrected chi connectivity index (χ0v) is 10.9. The van der Waals surface area contributed by atoms with E-state index in [0.29, 0.717) is 5.17 Å². The Balaban J connectivity index is 2.11. The van der Waals surface area contributed by atoms with E-state index in [1.54, 1.807) is 24.1 Å². The number of anilines is 1. The van der Waals surface area contributed by atoms with Crippen LogP contribution in [0.1, 0.15) is 6.42 Å². The van der Waals surface area contributed by atoms with Gasteiger partial charge in [-0.2, -0.15) is 4.99 Å². The first-order valence-corrected chi connectivity index (χ1v) is 6.37. The lowest BCUT2D eigenvalue weighted by molar-refractivity contribution is -0.305.